The second-order valence-corrected chi connectivity index (χ2v) is 6.05. The molecule has 0 saturated heterocycles. The lowest BCUT2D eigenvalue weighted by molar-refractivity contribution is 0.719. The molecule has 0 radical (unpaired) electrons. The summed E-state index contributed by atoms with van der Waals surface area (Å²) in [5.74, 6) is 1.27. The maximum Gasteiger partial charge on any atom is 0.234 e. The monoisotopic (exact) mass is 272 g/mol. The van der Waals surface area contributed by atoms with Crippen molar-refractivity contribution in [1.82, 2.24) is 19.8 Å². The highest BCUT2D eigenvalue weighted by Crippen LogP contribution is 2.21. The third-order valence-electron chi connectivity index (χ3n) is 3.18. The Morgan fingerprint density at radius 2 is 2.00 bits per heavy atom. The Morgan fingerprint density at radius 3 is 2.74 bits per heavy atom. The van der Waals surface area contributed by atoms with Gasteiger partial charge in [-0.3, -0.25) is 0 Å². The Hall–Kier alpha value is -1.75. The molecular weight excluding hydrogens is 256 g/mol. The molecule has 5 heteroatoms. The Bertz CT molecular complexity index is 711. The van der Waals surface area contributed by atoms with E-state index in [0.717, 1.165) is 22.2 Å². The first-order chi connectivity index (χ1) is 9.15. The summed E-state index contributed by atoms with van der Waals surface area (Å²) >= 11 is 1.62. The molecule has 3 aromatic rings. The summed E-state index contributed by atoms with van der Waals surface area (Å²) in [6, 6.07) is 8.42. The maximum atomic E-state index is 4.64. The summed E-state index contributed by atoms with van der Waals surface area (Å²) in [6.45, 7) is 6.35. The number of aromatic nitrogens is 4. The van der Waals surface area contributed by atoms with Crippen LogP contribution in [0.2, 0.25) is 0 Å². The van der Waals surface area contributed by atoms with E-state index < -0.39 is 0 Å². The van der Waals surface area contributed by atoms with E-state index in [0.29, 0.717) is 5.92 Å². The quantitative estimate of drug-likeness (QED) is 0.735. The van der Waals surface area contributed by atoms with Gasteiger partial charge in [0.1, 0.15) is 5.01 Å². The van der Waals surface area contributed by atoms with Crippen molar-refractivity contribution in [2.24, 2.45) is 0 Å². The lowest BCUT2D eigenvalue weighted by Crippen LogP contribution is -1.99. The SMILES string of the molecule is Cc1ccccc1Cc1nn2c(C(C)C)nnc2s1. The Labute approximate surface area is 116 Å². The molecule has 0 atom stereocenters. The van der Waals surface area contributed by atoms with E-state index >= 15 is 0 Å². The molecule has 0 aliphatic heterocycles. The molecule has 2 aromatic heterocycles. The lowest BCUT2D eigenvalue weighted by atomic mass is 10.1. The number of aryl methyl sites for hydroxylation is 1. The van der Waals surface area contributed by atoms with Gasteiger partial charge < -0.3 is 0 Å². The summed E-state index contributed by atoms with van der Waals surface area (Å²) < 4.78 is 1.88. The normalized spacial score (nSPS) is 11.6. The predicted octanol–water partition coefficient (Wildman–Crippen LogP) is 3.21. The minimum absolute atomic E-state index is 0.336. The van der Waals surface area contributed by atoms with Crippen molar-refractivity contribution in [3.63, 3.8) is 0 Å². The summed E-state index contributed by atoms with van der Waals surface area (Å²) in [5, 5.41) is 14.1. The van der Waals surface area contributed by atoms with E-state index in [1.807, 2.05) is 4.52 Å². The van der Waals surface area contributed by atoms with Crippen LogP contribution in [0.5, 0.6) is 0 Å². The van der Waals surface area contributed by atoms with Gasteiger partial charge in [0.05, 0.1) is 0 Å². The van der Waals surface area contributed by atoms with Crippen molar-refractivity contribution in [2.45, 2.75) is 33.1 Å². The van der Waals surface area contributed by atoms with E-state index in [1.165, 1.54) is 11.1 Å². The minimum atomic E-state index is 0.336. The molecule has 19 heavy (non-hydrogen) atoms. The molecule has 1 aromatic carbocycles. The van der Waals surface area contributed by atoms with E-state index in [4.69, 9.17) is 0 Å². The van der Waals surface area contributed by atoms with Gasteiger partial charge in [-0.2, -0.15) is 9.61 Å². The van der Waals surface area contributed by atoms with Gasteiger partial charge in [0.15, 0.2) is 5.82 Å². The molecule has 98 valence electrons. The minimum Gasteiger partial charge on any atom is -0.187 e. The van der Waals surface area contributed by atoms with Crippen molar-refractivity contribution < 1.29 is 0 Å². The number of hydrogen-bond acceptors (Lipinski definition) is 4. The number of nitrogens with zero attached hydrogens (tertiary/aromatic N) is 4. The van der Waals surface area contributed by atoms with Gasteiger partial charge in [-0.05, 0) is 18.1 Å². The van der Waals surface area contributed by atoms with Crippen LogP contribution in [0, 0.1) is 6.92 Å². The van der Waals surface area contributed by atoms with Crippen molar-refractivity contribution >= 4 is 16.3 Å². The molecule has 0 fully saturated rings. The first-order valence-corrected chi connectivity index (χ1v) is 7.22. The van der Waals surface area contributed by atoms with Crippen molar-refractivity contribution in [1.29, 1.82) is 0 Å². The fraction of sp³-hybridized carbons (Fsp3) is 0.357. The molecule has 2 heterocycles. The van der Waals surface area contributed by atoms with Gasteiger partial charge in [-0.1, -0.05) is 49.4 Å². The largest absolute Gasteiger partial charge is 0.234 e. The van der Waals surface area contributed by atoms with Crippen LogP contribution in [-0.2, 0) is 6.42 Å². The third-order valence-corrected chi connectivity index (χ3v) is 4.07. The zero-order valence-corrected chi connectivity index (χ0v) is 12.1. The summed E-state index contributed by atoms with van der Waals surface area (Å²) in [4.78, 5) is 0.882. The topological polar surface area (TPSA) is 43.1 Å². The van der Waals surface area contributed by atoms with Crippen LogP contribution >= 0.6 is 11.3 Å². The Balaban J connectivity index is 1.96. The molecular formula is C14H16N4S. The van der Waals surface area contributed by atoms with Gasteiger partial charge in [0.25, 0.3) is 0 Å². The number of fused-ring (bicyclic) bond motifs is 1. The molecule has 0 amide bonds. The second-order valence-electron chi connectivity index (χ2n) is 5.01. The van der Waals surface area contributed by atoms with Crippen molar-refractivity contribution in [3.05, 3.63) is 46.2 Å². The van der Waals surface area contributed by atoms with Gasteiger partial charge in [0, 0.05) is 12.3 Å². The Morgan fingerprint density at radius 1 is 1.21 bits per heavy atom. The zero-order valence-electron chi connectivity index (χ0n) is 11.3. The highest BCUT2D eigenvalue weighted by Gasteiger charge is 2.14. The van der Waals surface area contributed by atoms with Gasteiger partial charge in [-0.25, -0.2) is 0 Å². The van der Waals surface area contributed by atoms with Gasteiger partial charge >= 0.3 is 0 Å². The number of hydrogen-bond donors (Lipinski definition) is 0. The summed E-state index contributed by atoms with van der Waals surface area (Å²) in [7, 11) is 0. The molecule has 0 saturated carbocycles. The molecule has 0 N–H and O–H groups in total. The molecule has 3 rings (SSSR count). The number of rotatable bonds is 3. The average Bonchev–Trinajstić information content (AvgIpc) is 2.91. The van der Waals surface area contributed by atoms with Crippen LogP contribution in [0.1, 0.15) is 41.7 Å². The van der Waals surface area contributed by atoms with Crippen LogP contribution in [0.25, 0.3) is 4.96 Å². The molecule has 0 aliphatic carbocycles. The zero-order chi connectivity index (χ0) is 13.4. The molecule has 0 unspecified atom stereocenters. The van der Waals surface area contributed by atoms with E-state index in [2.05, 4.69) is 60.3 Å². The molecule has 4 nitrogen and oxygen atoms in total. The van der Waals surface area contributed by atoms with Crippen LogP contribution in [0.3, 0.4) is 0 Å². The van der Waals surface area contributed by atoms with E-state index in [-0.39, 0.29) is 0 Å². The first kappa shape index (κ1) is 12.3. The van der Waals surface area contributed by atoms with Crippen LogP contribution in [0.15, 0.2) is 24.3 Å². The lowest BCUT2D eigenvalue weighted by Gasteiger charge is -2.02. The smallest absolute Gasteiger partial charge is 0.187 e. The van der Waals surface area contributed by atoms with E-state index in [1.54, 1.807) is 11.3 Å². The summed E-state index contributed by atoms with van der Waals surface area (Å²) in [5.41, 5.74) is 2.62. The van der Waals surface area contributed by atoms with Crippen LogP contribution in [-0.4, -0.2) is 19.8 Å². The maximum absolute atomic E-state index is 4.64. The predicted molar refractivity (Wildman–Crippen MR) is 76.7 cm³/mol. The fourth-order valence-corrected chi connectivity index (χ4v) is 2.94. The second kappa shape index (κ2) is 4.74. The summed E-state index contributed by atoms with van der Waals surface area (Å²) in [6.07, 6.45) is 0.859. The molecule has 0 spiro atoms. The van der Waals surface area contributed by atoms with Crippen LogP contribution in [0.4, 0.5) is 0 Å². The highest BCUT2D eigenvalue weighted by atomic mass is 32.1. The first-order valence-electron chi connectivity index (χ1n) is 6.40. The van der Waals surface area contributed by atoms with Gasteiger partial charge in [-0.15, -0.1) is 10.2 Å². The molecule has 0 aliphatic rings. The number of benzene rings is 1. The standard InChI is InChI=1S/C14H16N4S/c1-9(2)13-15-16-14-18(13)17-12(19-14)8-11-7-5-4-6-10(11)3/h4-7,9H,8H2,1-3H3. The third kappa shape index (κ3) is 2.26. The molecule has 0 bridgehead atoms. The van der Waals surface area contributed by atoms with E-state index in [9.17, 15) is 0 Å². The fourth-order valence-electron chi connectivity index (χ4n) is 2.07. The van der Waals surface area contributed by atoms with Gasteiger partial charge in [0.2, 0.25) is 4.96 Å². The van der Waals surface area contributed by atoms with Crippen molar-refractivity contribution in [3.8, 4) is 0 Å². The van der Waals surface area contributed by atoms with Crippen LogP contribution < -0.4 is 0 Å². The van der Waals surface area contributed by atoms with Crippen molar-refractivity contribution in [2.75, 3.05) is 0 Å². The Kier molecular flexibility index (Phi) is 3.06. The average molecular weight is 272 g/mol. The highest BCUT2D eigenvalue weighted by molar-refractivity contribution is 7.16.